The highest BCUT2D eigenvalue weighted by Crippen LogP contribution is 2.38. The van der Waals surface area contributed by atoms with Crippen molar-refractivity contribution in [3.05, 3.63) is 64.4 Å². The molecule has 0 aliphatic carbocycles. The van der Waals surface area contributed by atoms with Crippen molar-refractivity contribution in [2.24, 2.45) is 5.41 Å². The zero-order valence-electron chi connectivity index (χ0n) is 17.3. The van der Waals surface area contributed by atoms with Crippen LogP contribution in [0.4, 0.5) is 0 Å². The Bertz CT molecular complexity index is 957. The van der Waals surface area contributed by atoms with Crippen molar-refractivity contribution in [1.29, 1.82) is 0 Å². The first-order valence-corrected chi connectivity index (χ1v) is 9.47. The minimum Gasteiger partial charge on any atom is -0.452 e. The minimum absolute atomic E-state index is 0.158. The maximum atomic E-state index is 12.8. The lowest BCUT2D eigenvalue weighted by Crippen LogP contribution is -2.25. The molecule has 1 aliphatic rings. The van der Waals surface area contributed by atoms with Crippen LogP contribution in [0.3, 0.4) is 0 Å². The van der Waals surface area contributed by atoms with Crippen molar-refractivity contribution in [1.82, 2.24) is 0 Å². The molecule has 28 heavy (non-hydrogen) atoms. The predicted molar refractivity (Wildman–Crippen MR) is 110 cm³/mol. The summed E-state index contributed by atoms with van der Waals surface area (Å²) in [5.41, 5.74) is 2.76. The second-order valence-corrected chi connectivity index (χ2v) is 8.51. The van der Waals surface area contributed by atoms with E-state index in [4.69, 9.17) is 9.47 Å². The molecular formula is C24H26O4. The number of hydrogen-bond acceptors (Lipinski definition) is 4. The molecule has 2 aromatic carbocycles. The third-order valence-corrected chi connectivity index (χ3v) is 4.67. The van der Waals surface area contributed by atoms with Crippen LogP contribution in [-0.2, 0) is 4.79 Å². The second kappa shape index (κ2) is 7.27. The average molecular weight is 378 g/mol. The van der Waals surface area contributed by atoms with Gasteiger partial charge in [-0.25, -0.2) is 0 Å². The van der Waals surface area contributed by atoms with Crippen LogP contribution in [0.5, 0.6) is 11.5 Å². The summed E-state index contributed by atoms with van der Waals surface area (Å²) in [4.78, 5) is 24.9. The molecule has 1 aliphatic heterocycles. The van der Waals surface area contributed by atoms with E-state index in [-0.39, 0.29) is 17.5 Å². The van der Waals surface area contributed by atoms with Gasteiger partial charge in [0.1, 0.15) is 11.5 Å². The quantitative estimate of drug-likeness (QED) is 0.391. The molecular weight excluding hydrogens is 352 g/mol. The molecule has 0 radical (unpaired) electrons. The molecule has 0 N–H and O–H groups in total. The van der Waals surface area contributed by atoms with Crippen molar-refractivity contribution >= 4 is 17.8 Å². The van der Waals surface area contributed by atoms with E-state index < -0.39 is 5.41 Å². The number of carbonyl (C=O) groups excluding carboxylic acids is 2. The van der Waals surface area contributed by atoms with Crippen LogP contribution in [0.1, 0.15) is 67.6 Å². The van der Waals surface area contributed by atoms with E-state index in [1.54, 1.807) is 39.0 Å². The van der Waals surface area contributed by atoms with E-state index in [0.717, 1.165) is 11.1 Å². The van der Waals surface area contributed by atoms with Gasteiger partial charge in [-0.1, -0.05) is 38.1 Å². The van der Waals surface area contributed by atoms with Crippen molar-refractivity contribution in [2.45, 2.75) is 47.5 Å². The van der Waals surface area contributed by atoms with Gasteiger partial charge in [0.05, 0.1) is 11.0 Å². The number of rotatable bonds is 3. The SMILES string of the molecule is Cc1cc(OC(=O)C(C)(C)C)cc2c1C(=O)/C(=C/c1ccc(C(C)C)cc1)O2. The Balaban J connectivity index is 1.88. The van der Waals surface area contributed by atoms with Gasteiger partial charge in [-0.2, -0.15) is 0 Å². The third kappa shape index (κ3) is 4.01. The first-order valence-electron chi connectivity index (χ1n) is 9.47. The molecule has 0 unspecified atom stereocenters. The molecule has 0 fully saturated rings. The van der Waals surface area contributed by atoms with Gasteiger partial charge in [0.25, 0.3) is 0 Å². The van der Waals surface area contributed by atoms with E-state index in [0.29, 0.717) is 23.0 Å². The predicted octanol–water partition coefficient (Wildman–Crippen LogP) is 5.69. The number of ether oxygens (including phenoxy) is 2. The summed E-state index contributed by atoms with van der Waals surface area (Å²) < 4.78 is 11.3. The summed E-state index contributed by atoms with van der Waals surface area (Å²) in [5, 5.41) is 0. The topological polar surface area (TPSA) is 52.6 Å². The Hall–Kier alpha value is -2.88. The summed E-state index contributed by atoms with van der Waals surface area (Å²) in [5.74, 6) is 1.03. The number of fused-ring (bicyclic) bond motifs is 1. The summed E-state index contributed by atoms with van der Waals surface area (Å²) in [6.07, 6.45) is 1.74. The van der Waals surface area contributed by atoms with Crippen LogP contribution in [0.2, 0.25) is 0 Å². The van der Waals surface area contributed by atoms with Gasteiger partial charge in [-0.05, 0) is 62.4 Å². The Morgan fingerprint density at radius 2 is 1.75 bits per heavy atom. The lowest BCUT2D eigenvalue weighted by Gasteiger charge is -2.16. The smallest absolute Gasteiger partial charge is 0.316 e. The van der Waals surface area contributed by atoms with Crippen LogP contribution < -0.4 is 9.47 Å². The highest BCUT2D eigenvalue weighted by atomic mass is 16.5. The standard InChI is InChI=1S/C24H26O4/c1-14(2)17-9-7-16(8-10-17)12-20-22(25)21-15(3)11-18(13-19(21)28-20)27-23(26)24(4,5)6/h7-14H,1-6H3/b20-12-. The Labute approximate surface area is 166 Å². The zero-order chi connectivity index (χ0) is 20.6. The molecule has 4 nitrogen and oxygen atoms in total. The Kier molecular flexibility index (Phi) is 5.16. The van der Waals surface area contributed by atoms with Gasteiger partial charge in [0.2, 0.25) is 5.78 Å². The van der Waals surface area contributed by atoms with Gasteiger partial charge >= 0.3 is 5.97 Å². The molecule has 0 bridgehead atoms. The van der Waals surface area contributed by atoms with Gasteiger partial charge in [0.15, 0.2) is 5.76 Å². The molecule has 0 saturated heterocycles. The number of benzene rings is 2. The van der Waals surface area contributed by atoms with Gasteiger partial charge < -0.3 is 9.47 Å². The average Bonchev–Trinajstić information content (AvgIpc) is 2.90. The monoisotopic (exact) mass is 378 g/mol. The number of Topliss-reactive ketones (excluding diaryl/α,β-unsaturated/α-hetero) is 1. The Morgan fingerprint density at radius 1 is 1.11 bits per heavy atom. The van der Waals surface area contributed by atoms with Crippen molar-refractivity contribution < 1.29 is 19.1 Å². The van der Waals surface area contributed by atoms with Crippen LogP contribution in [-0.4, -0.2) is 11.8 Å². The fourth-order valence-corrected chi connectivity index (χ4v) is 2.92. The molecule has 0 saturated carbocycles. The van der Waals surface area contributed by atoms with Crippen molar-refractivity contribution in [3.8, 4) is 11.5 Å². The van der Waals surface area contributed by atoms with Gasteiger partial charge in [-0.15, -0.1) is 0 Å². The van der Waals surface area contributed by atoms with E-state index >= 15 is 0 Å². The number of ketones is 1. The maximum Gasteiger partial charge on any atom is 0.316 e. The summed E-state index contributed by atoms with van der Waals surface area (Å²) in [7, 11) is 0. The lowest BCUT2D eigenvalue weighted by molar-refractivity contribution is -0.143. The number of allylic oxidation sites excluding steroid dienone is 1. The van der Waals surface area contributed by atoms with Gasteiger partial charge in [-0.3, -0.25) is 9.59 Å². The van der Waals surface area contributed by atoms with Crippen LogP contribution in [0.15, 0.2) is 42.2 Å². The first kappa shape index (κ1) is 19.9. The van der Waals surface area contributed by atoms with Gasteiger partial charge in [0, 0.05) is 6.07 Å². The van der Waals surface area contributed by atoms with Crippen LogP contribution in [0.25, 0.3) is 6.08 Å². The molecule has 0 spiro atoms. The van der Waals surface area contributed by atoms with E-state index in [2.05, 4.69) is 26.0 Å². The number of aryl methyl sites for hydroxylation is 1. The summed E-state index contributed by atoms with van der Waals surface area (Å²) in [6.45, 7) is 11.5. The van der Waals surface area contributed by atoms with Crippen LogP contribution >= 0.6 is 0 Å². The zero-order valence-corrected chi connectivity index (χ0v) is 17.3. The third-order valence-electron chi connectivity index (χ3n) is 4.67. The van der Waals surface area contributed by atoms with E-state index in [9.17, 15) is 9.59 Å². The van der Waals surface area contributed by atoms with E-state index in [1.165, 1.54) is 5.56 Å². The van der Waals surface area contributed by atoms with Crippen LogP contribution in [0, 0.1) is 12.3 Å². The normalized spacial score (nSPS) is 15.0. The Morgan fingerprint density at radius 3 is 2.32 bits per heavy atom. The largest absolute Gasteiger partial charge is 0.452 e. The van der Waals surface area contributed by atoms with E-state index in [1.807, 2.05) is 19.1 Å². The fourth-order valence-electron chi connectivity index (χ4n) is 2.92. The fraction of sp³-hybridized carbons (Fsp3) is 0.333. The number of esters is 1. The highest BCUT2D eigenvalue weighted by molar-refractivity contribution is 6.15. The molecule has 2 aromatic rings. The molecule has 146 valence electrons. The molecule has 4 heteroatoms. The lowest BCUT2D eigenvalue weighted by atomic mass is 9.97. The summed E-state index contributed by atoms with van der Waals surface area (Å²) >= 11 is 0. The van der Waals surface area contributed by atoms with Crippen molar-refractivity contribution in [3.63, 3.8) is 0 Å². The number of hydrogen-bond donors (Lipinski definition) is 0. The molecule has 0 amide bonds. The molecule has 0 aromatic heterocycles. The molecule has 1 heterocycles. The molecule has 0 atom stereocenters. The highest BCUT2D eigenvalue weighted by Gasteiger charge is 2.31. The van der Waals surface area contributed by atoms with Crippen molar-refractivity contribution in [2.75, 3.05) is 0 Å². The summed E-state index contributed by atoms with van der Waals surface area (Å²) in [6, 6.07) is 11.4. The second-order valence-electron chi connectivity index (χ2n) is 8.51. The first-order chi connectivity index (χ1) is 13.1. The maximum absolute atomic E-state index is 12.8. The molecule has 3 rings (SSSR count). The minimum atomic E-state index is -0.614. The number of carbonyl (C=O) groups is 2.